The summed E-state index contributed by atoms with van der Waals surface area (Å²) in [6.07, 6.45) is -3.54. The summed E-state index contributed by atoms with van der Waals surface area (Å²) < 4.78 is 41.1. The third-order valence-corrected chi connectivity index (χ3v) is 10.4. The zero-order valence-corrected chi connectivity index (χ0v) is 26.8. The first-order valence-corrected chi connectivity index (χ1v) is 16.3. The molecule has 240 valence electrons. The zero-order valence-electron chi connectivity index (χ0n) is 26.0. The van der Waals surface area contributed by atoms with Crippen molar-refractivity contribution in [3.63, 3.8) is 0 Å². The van der Waals surface area contributed by atoms with E-state index >= 15 is 0 Å². The summed E-state index contributed by atoms with van der Waals surface area (Å²) in [5.74, 6) is 0.553. The van der Waals surface area contributed by atoms with E-state index in [1.54, 1.807) is 0 Å². The molecule has 3 N–H and O–H groups in total. The topological polar surface area (TPSA) is 102 Å². The minimum Gasteiger partial charge on any atom is -0.368 e. The minimum absolute atomic E-state index is 0.0517. The third-order valence-electron chi connectivity index (χ3n) is 9.35. The number of halogens is 3. The average molecular weight is 640 g/mol. The molecule has 0 bridgehead atoms. The van der Waals surface area contributed by atoms with Crippen LogP contribution in [0.2, 0.25) is 0 Å². The lowest BCUT2D eigenvalue weighted by molar-refractivity contribution is -0.126. The number of hydrogen-bond donors (Lipinski definition) is 2. The molecule has 45 heavy (non-hydrogen) atoms. The molecule has 0 radical (unpaired) electrons. The van der Waals surface area contributed by atoms with Crippen LogP contribution in [0.25, 0.3) is 21.1 Å². The van der Waals surface area contributed by atoms with Crippen molar-refractivity contribution in [1.29, 1.82) is 5.26 Å². The van der Waals surface area contributed by atoms with E-state index in [4.69, 9.17) is 5.73 Å². The third kappa shape index (κ3) is 7.04. The molecule has 1 aromatic carbocycles. The van der Waals surface area contributed by atoms with Gasteiger partial charge in [0, 0.05) is 80.2 Å². The van der Waals surface area contributed by atoms with Crippen LogP contribution in [-0.2, 0) is 19.5 Å². The largest absolute Gasteiger partial charge is 0.393 e. The van der Waals surface area contributed by atoms with Crippen molar-refractivity contribution in [3.05, 3.63) is 46.0 Å². The number of aryl methyl sites for hydroxylation is 1. The highest BCUT2D eigenvalue weighted by Gasteiger charge is 2.30. The second kappa shape index (κ2) is 12.7. The number of piperidine rings is 1. The Morgan fingerprint density at radius 1 is 1.09 bits per heavy atom. The number of piperazine rings is 1. The fraction of sp³-hybridized carbons (Fsp3) is 0.531. The SMILES string of the molecule is Cc1c(CN2CCC(Nc3nc(N)nc4sc(CC(F)(F)F)cc34)CC2)ccc2c1cc(C#N)n2C[C@H](C)N1CCN(C)CC1. The van der Waals surface area contributed by atoms with Gasteiger partial charge < -0.3 is 20.5 Å². The van der Waals surface area contributed by atoms with Gasteiger partial charge in [-0.1, -0.05) is 6.07 Å². The highest BCUT2D eigenvalue weighted by molar-refractivity contribution is 7.18. The van der Waals surface area contributed by atoms with Gasteiger partial charge in [-0.15, -0.1) is 11.3 Å². The lowest BCUT2D eigenvalue weighted by Crippen LogP contribution is -2.49. The Morgan fingerprint density at radius 2 is 1.82 bits per heavy atom. The Labute approximate surface area is 265 Å². The number of benzene rings is 1. The molecule has 0 amide bonds. The normalized spacial score (nSPS) is 18.5. The van der Waals surface area contributed by atoms with Crippen LogP contribution in [0.15, 0.2) is 24.3 Å². The molecule has 9 nitrogen and oxygen atoms in total. The highest BCUT2D eigenvalue weighted by Crippen LogP contribution is 2.34. The molecule has 5 heterocycles. The smallest absolute Gasteiger partial charge is 0.368 e. The Hall–Kier alpha value is -3.44. The predicted octanol–water partition coefficient (Wildman–Crippen LogP) is 5.23. The molecule has 3 aromatic heterocycles. The summed E-state index contributed by atoms with van der Waals surface area (Å²) in [5, 5.41) is 15.2. The van der Waals surface area contributed by atoms with Gasteiger partial charge in [0.25, 0.3) is 0 Å². The predicted molar refractivity (Wildman–Crippen MR) is 173 cm³/mol. The Morgan fingerprint density at radius 3 is 2.51 bits per heavy atom. The van der Waals surface area contributed by atoms with Gasteiger partial charge in [-0.2, -0.15) is 23.4 Å². The maximum atomic E-state index is 13.0. The number of fused-ring (bicyclic) bond motifs is 2. The van der Waals surface area contributed by atoms with Crippen LogP contribution in [0.5, 0.6) is 0 Å². The number of anilines is 2. The monoisotopic (exact) mass is 639 g/mol. The van der Waals surface area contributed by atoms with E-state index in [1.165, 1.54) is 17.2 Å². The van der Waals surface area contributed by atoms with Gasteiger partial charge in [0.05, 0.1) is 11.8 Å². The van der Waals surface area contributed by atoms with Crippen molar-refractivity contribution in [2.45, 2.75) is 64.5 Å². The zero-order chi connectivity index (χ0) is 31.9. The van der Waals surface area contributed by atoms with Crippen molar-refractivity contribution >= 4 is 44.2 Å². The van der Waals surface area contributed by atoms with Gasteiger partial charge in [0.1, 0.15) is 22.4 Å². The summed E-state index contributed by atoms with van der Waals surface area (Å²) in [6, 6.07) is 10.8. The number of likely N-dealkylation sites (N-methyl/N-ethyl adjacent to an activating group) is 1. The standard InChI is InChI=1S/C32H40F3N9S/c1-20(43-12-10-41(3)11-13-43)18-44-24(17-36)14-26-21(2)22(4-5-28(26)44)19-42-8-6-23(7-9-42)38-29-27-15-25(16-32(33,34)35)45-30(27)40-31(37)39-29/h4-5,14-15,20,23H,6-13,16,18-19H2,1-3H3,(H3,37,38,39,40)/t20-/m0/s1. The number of alkyl halides is 3. The number of hydrogen-bond acceptors (Lipinski definition) is 9. The van der Waals surface area contributed by atoms with E-state index < -0.39 is 12.6 Å². The number of thiophene rings is 1. The van der Waals surface area contributed by atoms with Crippen LogP contribution in [-0.4, -0.2) is 93.8 Å². The van der Waals surface area contributed by atoms with Crippen LogP contribution < -0.4 is 11.1 Å². The first-order chi connectivity index (χ1) is 21.5. The molecule has 2 aliphatic heterocycles. The molecule has 0 aliphatic carbocycles. The number of likely N-dealkylation sites (tertiary alicyclic amines) is 1. The lowest BCUT2D eigenvalue weighted by atomic mass is 10.0. The molecule has 4 aromatic rings. The van der Waals surface area contributed by atoms with Gasteiger partial charge in [-0.3, -0.25) is 9.80 Å². The number of nitrogen functional groups attached to an aromatic ring is 1. The number of nitrogens with two attached hydrogens (primary N) is 1. The first-order valence-electron chi connectivity index (χ1n) is 15.5. The second-order valence-electron chi connectivity index (χ2n) is 12.6. The second-order valence-corrected chi connectivity index (χ2v) is 13.7. The van der Waals surface area contributed by atoms with Crippen LogP contribution in [0.1, 0.15) is 41.5 Å². The van der Waals surface area contributed by atoms with Crippen LogP contribution >= 0.6 is 11.3 Å². The van der Waals surface area contributed by atoms with E-state index in [-0.39, 0.29) is 16.9 Å². The summed E-state index contributed by atoms with van der Waals surface area (Å²) in [7, 11) is 2.16. The number of nitrogens with one attached hydrogen (secondary N) is 1. The Kier molecular flexibility index (Phi) is 8.94. The van der Waals surface area contributed by atoms with Crippen molar-refractivity contribution in [2.24, 2.45) is 0 Å². The molecular weight excluding hydrogens is 599 g/mol. The van der Waals surface area contributed by atoms with E-state index in [1.807, 2.05) is 6.07 Å². The maximum absolute atomic E-state index is 13.0. The molecule has 0 saturated carbocycles. The molecule has 2 fully saturated rings. The Balaban J connectivity index is 1.11. The number of nitrogens with zero attached hydrogens (tertiary/aromatic N) is 7. The summed E-state index contributed by atoms with van der Waals surface area (Å²) in [6.45, 7) is 12.0. The van der Waals surface area contributed by atoms with Crippen molar-refractivity contribution in [3.8, 4) is 6.07 Å². The summed E-state index contributed by atoms with van der Waals surface area (Å²) in [5.41, 5.74) is 10.2. The van der Waals surface area contributed by atoms with E-state index in [2.05, 4.69) is 73.6 Å². The van der Waals surface area contributed by atoms with Crippen molar-refractivity contribution in [2.75, 3.05) is 57.4 Å². The molecule has 1 atom stereocenters. The molecule has 13 heteroatoms. The molecule has 2 saturated heterocycles. The quantitative estimate of drug-likeness (QED) is 0.271. The number of nitriles is 1. The van der Waals surface area contributed by atoms with Crippen molar-refractivity contribution < 1.29 is 13.2 Å². The van der Waals surface area contributed by atoms with E-state index in [9.17, 15) is 18.4 Å². The van der Waals surface area contributed by atoms with Crippen LogP contribution in [0, 0.1) is 18.3 Å². The lowest BCUT2D eigenvalue weighted by Gasteiger charge is -2.36. The molecule has 0 spiro atoms. The van der Waals surface area contributed by atoms with Crippen LogP contribution in [0.3, 0.4) is 0 Å². The van der Waals surface area contributed by atoms with Gasteiger partial charge in [-0.25, -0.2) is 4.98 Å². The van der Waals surface area contributed by atoms with Crippen molar-refractivity contribution in [1.82, 2.24) is 29.2 Å². The highest BCUT2D eigenvalue weighted by atomic mass is 32.1. The van der Waals surface area contributed by atoms with Crippen LogP contribution in [0.4, 0.5) is 24.9 Å². The molecule has 2 aliphatic rings. The summed E-state index contributed by atoms with van der Waals surface area (Å²) in [4.78, 5) is 16.5. The fourth-order valence-corrected chi connectivity index (χ4v) is 7.74. The number of rotatable bonds is 8. The molecular formula is C32H40F3N9S. The maximum Gasteiger partial charge on any atom is 0.393 e. The summed E-state index contributed by atoms with van der Waals surface area (Å²) >= 11 is 1.01. The van der Waals surface area contributed by atoms with Gasteiger partial charge in [0.15, 0.2) is 0 Å². The van der Waals surface area contributed by atoms with E-state index in [0.29, 0.717) is 27.8 Å². The van der Waals surface area contributed by atoms with E-state index in [0.717, 1.165) is 87.4 Å². The first kappa shape index (κ1) is 31.5. The molecule has 6 rings (SSSR count). The molecule has 0 unspecified atom stereocenters. The van der Waals surface area contributed by atoms with Gasteiger partial charge in [-0.05, 0) is 63.1 Å². The number of aromatic nitrogens is 3. The average Bonchev–Trinajstić information content (AvgIpc) is 3.55. The van der Waals surface area contributed by atoms with Gasteiger partial charge in [0.2, 0.25) is 5.95 Å². The minimum atomic E-state index is -4.28. The van der Waals surface area contributed by atoms with Gasteiger partial charge >= 0.3 is 6.18 Å². The Bertz CT molecular complexity index is 1710. The fourth-order valence-electron chi connectivity index (χ4n) is 6.68.